The Labute approximate surface area is 144 Å². The molecular weight excluding hydrogens is 318 g/mol. The van der Waals surface area contributed by atoms with Gasteiger partial charge in [-0.05, 0) is 30.7 Å². The summed E-state index contributed by atoms with van der Waals surface area (Å²) in [5, 5.41) is 4.64. The van der Waals surface area contributed by atoms with Gasteiger partial charge in [0.1, 0.15) is 0 Å². The minimum absolute atomic E-state index is 0.213. The van der Waals surface area contributed by atoms with E-state index in [-0.39, 0.29) is 5.24 Å². The van der Waals surface area contributed by atoms with Gasteiger partial charge < -0.3 is 0 Å². The molecule has 0 unspecified atom stereocenters. The summed E-state index contributed by atoms with van der Waals surface area (Å²) >= 11 is 1.19. The van der Waals surface area contributed by atoms with Crippen molar-refractivity contribution in [3.8, 4) is 5.69 Å². The standard InChI is InChI=1S/C19H17N3OS/c1-15-7-9-16(10-8-15)14-24-19(23)21-17-11-12-22(20-13-17)18-5-3-2-4-6-18/h2-13H,14H2,1H3. The highest BCUT2D eigenvalue weighted by molar-refractivity contribution is 8.12. The van der Waals surface area contributed by atoms with Crippen molar-refractivity contribution in [1.29, 1.82) is 0 Å². The molecule has 0 atom stereocenters. The molecule has 3 aromatic rings. The molecule has 0 aliphatic rings. The maximum absolute atomic E-state index is 12.0. The summed E-state index contributed by atoms with van der Waals surface area (Å²) in [6.45, 7) is 2.04. The van der Waals surface area contributed by atoms with Crippen LogP contribution in [0, 0.1) is 6.92 Å². The first-order chi connectivity index (χ1) is 11.7. The molecule has 0 spiro atoms. The molecule has 0 saturated carbocycles. The van der Waals surface area contributed by atoms with E-state index in [4.69, 9.17) is 0 Å². The summed E-state index contributed by atoms with van der Waals surface area (Å²) in [6.07, 6.45) is 3.39. The van der Waals surface area contributed by atoms with E-state index in [0.29, 0.717) is 11.1 Å². The quantitative estimate of drug-likeness (QED) is 0.723. The number of aromatic nitrogens is 2. The summed E-state index contributed by atoms with van der Waals surface area (Å²) in [5.41, 5.74) is 3.29. The van der Waals surface area contributed by atoms with Gasteiger partial charge in [0.2, 0.25) is 0 Å². The fourth-order valence-electron chi connectivity index (χ4n) is 2.12. The zero-order valence-corrected chi connectivity index (χ0v) is 14.1. The monoisotopic (exact) mass is 335 g/mol. The first-order valence-corrected chi connectivity index (χ1v) is 8.57. The number of benzene rings is 2. The van der Waals surface area contributed by atoms with Crippen LogP contribution in [0.25, 0.3) is 5.69 Å². The van der Waals surface area contributed by atoms with E-state index in [9.17, 15) is 4.79 Å². The average molecular weight is 335 g/mol. The SMILES string of the molecule is Cc1ccc(CSC(=O)N=c2ccn(-c3ccccc3)nc2)cc1. The zero-order chi connectivity index (χ0) is 16.8. The van der Waals surface area contributed by atoms with Crippen molar-refractivity contribution < 1.29 is 4.79 Å². The summed E-state index contributed by atoms with van der Waals surface area (Å²) in [4.78, 5) is 16.0. The second-order valence-corrected chi connectivity index (χ2v) is 6.24. The van der Waals surface area contributed by atoms with Crippen molar-refractivity contribution in [2.75, 3.05) is 0 Å². The van der Waals surface area contributed by atoms with Crippen molar-refractivity contribution in [2.45, 2.75) is 12.7 Å². The Balaban J connectivity index is 1.65. The van der Waals surface area contributed by atoms with Crippen LogP contribution in [-0.2, 0) is 5.75 Å². The van der Waals surface area contributed by atoms with Crippen LogP contribution >= 0.6 is 11.8 Å². The molecule has 0 fully saturated rings. The molecular formula is C19H17N3OS. The van der Waals surface area contributed by atoms with Gasteiger partial charge in [-0.2, -0.15) is 5.10 Å². The summed E-state index contributed by atoms with van der Waals surface area (Å²) in [5.74, 6) is 0.618. The molecule has 2 aromatic carbocycles. The number of hydrogen-bond donors (Lipinski definition) is 0. The topological polar surface area (TPSA) is 47.2 Å². The van der Waals surface area contributed by atoms with Gasteiger partial charge >= 0.3 is 5.24 Å². The highest BCUT2D eigenvalue weighted by Gasteiger charge is 2.01. The van der Waals surface area contributed by atoms with Crippen molar-refractivity contribution in [2.24, 2.45) is 4.99 Å². The number of nitrogens with zero attached hydrogens (tertiary/aromatic N) is 3. The Morgan fingerprint density at radius 3 is 2.50 bits per heavy atom. The number of carbonyl (C=O) groups is 1. The highest BCUT2D eigenvalue weighted by atomic mass is 32.2. The molecule has 120 valence electrons. The van der Waals surface area contributed by atoms with Gasteiger partial charge in [-0.3, -0.25) is 4.79 Å². The van der Waals surface area contributed by atoms with Gasteiger partial charge in [0, 0.05) is 11.9 Å². The number of para-hydroxylation sites is 1. The lowest BCUT2D eigenvalue weighted by Gasteiger charge is -2.03. The van der Waals surface area contributed by atoms with Crippen LogP contribution in [-0.4, -0.2) is 15.0 Å². The van der Waals surface area contributed by atoms with Crippen LogP contribution in [0.3, 0.4) is 0 Å². The molecule has 5 heteroatoms. The smallest absolute Gasteiger partial charge is 0.259 e. The van der Waals surface area contributed by atoms with Gasteiger partial charge in [0.25, 0.3) is 0 Å². The van der Waals surface area contributed by atoms with Crippen molar-refractivity contribution >= 4 is 17.0 Å². The first-order valence-electron chi connectivity index (χ1n) is 7.58. The molecule has 0 bridgehead atoms. The molecule has 1 amide bonds. The van der Waals surface area contributed by atoms with Gasteiger partial charge in [-0.25, -0.2) is 9.67 Å². The van der Waals surface area contributed by atoms with E-state index in [1.54, 1.807) is 23.1 Å². The molecule has 3 rings (SSSR count). The molecule has 1 heterocycles. The van der Waals surface area contributed by atoms with Crippen molar-refractivity contribution in [3.63, 3.8) is 0 Å². The molecule has 0 aliphatic carbocycles. The van der Waals surface area contributed by atoms with E-state index in [1.807, 2.05) is 61.5 Å². The average Bonchev–Trinajstić information content (AvgIpc) is 2.63. The fourth-order valence-corrected chi connectivity index (χ4v) is 2.77. The maximum Gasteiger partial charge on any atom is 0.305 e. The molecule has 0 radical (unpaired) electrons. The van der Waals surface area contributed by atoms with Crippen LogP contribution in [0.1, 0.15) is 11.1 Å². The number of thioether (sulfide) groups is 1. The Morgan fingerprint density at radius 2 is 1.83 bits per heavy atom. The highest BCUT2D eigenvalue weighted by Crippen LogP contribution is 2.14. The molecule has 0 aliphatic heterocycles. The first kappa shape index (κ1) is 16.2. The van der Waals surface area contributed by atoms with Crippen LogP contribution in [0.5, 0.6) is 0 Å². The normalized spacial score (nSPS) is 11.5. The number of carbonyl (C=O) groups excluding carboxylic acids is 1. The minimum atomic E-state index is -0.213. The van der Waals surface area contributed by atoms with E-state index < -0.39 is 0 Å². The van der Waals surface area contributed by atoms with Crippen LogP contribution < -0.4 is 5.36 Å². The molecule has 24 heavy (non-hydrogen) atoms. The summed E-state index contributed by atoms with van der Waals surface area (Å²) < 4.78 is 1.74. The molecule has 1 aromatic heterocycles. The maximum atomic E-state index is 12.0. The van der Waals surface area contributed by atoms with E-state index in [2.05, 4.69) is 10.1 Å². The van der Waals surface area contributed by atoms with Crippen LogP contribution in [0.4, 0.5) is 4.79 Å². The lowest BCUT2D eigenvalue weighted by Crippen LogP contribution is -2.09. The number of aryl methyl sites for hydroxylation is 1. The number of hydrogen-bond acceptors (Lipinski definition) is 3. The second-order valence-electron chi connectivity index (χ2n) is 5.32. The third-order valence-corrected chi connectivity index (χ3v) is 4.24. The van der Waals surface area contributed by atoms with Crippen LogP contribution in [0.2, 0.25) is 0 Å². The van der Waals surface area contributed by atoms with Gasteiger partial charge in [0.05, 0.1) is 17.2 Å². The van der Waals surface area contributed by atoms with Gasteiger partial charge in [0.15, 0.2) is 0 Å². The van der Waals surface area contributed by atoms with Gasteiger partial charge in [-0.1, -0.05) is 59.8 Å². The summed E-state index contributed by atoms with van der Waals surface area (Å²) in [6, 6.07) is 19.7. The fraction of sp³-hybridized carbons (Fsp3) is 0.105. The van der Waals surface area contributed by atoms with E-state index in [1.165, 1.54) is 17.3 Å². The molecule has 0 N–H and O–H groups in total. The van der Waals surface area contributed by atoms with E-state index >= 15 is 0 Å². The van der Waals surface area contributed by atoms with E-state index in [0.717, 1.165) is 11.3 Å². The zero-order valence-electron chi connectivity index (χ0n) is 13.3. The Bertz CT molecular complexity index is 866. The third-order valence-electron chi connectivity index (χ3n) is 3.42. The predicted molar refractivity (Wildman–Crippen MR) is 97.0 cm³/mol. The van der Waals surface area contributed by atoms with Crippen molar-refractivity contribution in [1.82, 2.24) is 9.78 Å². The Kier molecular flexibility index (Phi) is 5.23. The summed E-state index contributed by atoms with van der Waals surface area (Å²) in [7, 11) is 0. The lowest BCUT2D eigenvalue weighted by atomic mass is 10.2. The molecule has 0 saturated heterocycles. The van der Waals surface area contributed by atoms with Gasteiger partial charge in [-0.15, -0.1) is 0 Å². The lowest BCUT2D eigenvalue weighted by molar-refractivity contribution is 0.267. The third kappa shape index (κ3) is 4.43. The van der Waals surface area contributed by atoms with Crippen molar-refractivity contribution in [3.05, 3.63) is 89.5 Å². The molecule has 4 nitrogen and oxygen atoms in total. The van der Waals surface area contributed by atoms with Crippen LogP contribution in [0.15, 0.2) is 78.0 Å². The minimum Gasteiger partial charge on any atom is -0.259 e. The number of rotatable bonds is 3. The number of amides is 1. The Morgan fingerprint density at radius 1 is 1.08 bits per heavy atom. The second kappa shape index (κ2) is 7.75. The largest absolute Gasteiger partial charge is 0.305 e. The Hall–Kier alpha value is -2.66. The predicted octanol–water partition coefficient (Wildman–Crippen LogP) is 4.13.